The number of aryl methyl sites for hydroxylation is 1. The van der Waals surface area contributed by atoms with E-state index < -0.39 is 0 Å². The van der Waals surface area contributed by atoms with Gasteiger partial charge in [-0.3, -0.25) is 0 Å². The number of hydrogen-bond acceptors (Lipinski definition) is 3. The summed E-state index contributed by atoms with van der Waals surface area (Å²) >= 11 is 7.03. The average molecular weight is 324 g/mol. The van der Waals surface area contributed by atoms with E-state index in [4.69, 9.17) is 12.2 Å². The van der Waals surface area contributed by atoms with Gasteiger partial charge in [0.15, 0.2) is 5.11 Å². The van der Waals surface area contributed by atoms with Gasteiger partial charge in [0, 0.05) is 11.9 Å². The summed E-state index contributed by atoms with van der Waals surface area (Å²) in [6.07, 6.45) is 12.2. The van der Waals surface area contributed by atoms with Gasteiger partial charge in [0.25, 0.3) is 0 Å². The van der Waals surface area contributed by atoms with Gasteiger partial charge in [-0.1, -0.05) is 25.0 Å². The molecule has 1 aromatic rings. The number of hydrogen-bond donors (Lipinski definition) is 2. The summed E-state index contributed by atoms with van der Waals surface area (Å²) in [7, 11) is 0. The smallest absolute Gasteiger partial charge is 0.171 e. The molecule has 0 radical (unpaired) electrons. The summed E-state index contributed by atoms with van der Waals surface area (Å²) < 4.78 is 0. The van der Waals surface area contributed by atoms with Crippen LogP contribution in [0.4, 0.5) is 5.82 Å². The minimum absolute atomic E-state index is 0.679. The summed E-state index contributed by atoms with van der Waals surface area (Å²) in [6.45, 7) is 3.11. The van der Waals surface area contributed by atoms with Crippen molar-refractivity contribution < 1.29 is 0 Å². The predicted octanol–water partition coefficient (Wildman–Crippen LogP) is 4.66. The summed E-state index contributed by atoms with van der Waals surface area (Å²) in [5, 5.41) is 10.4. The van der Waals surface area contributed by atoms with Crippen molar-refractivity contribution in [3.8, 4) is 0 Å². The molecule has 0 aliphatic heterocycles. The molecule has 1 heterocycles. The van der Waals surface area contributed by atoms with Gasteiger partial charge < -0.3 is 10.6 Å². The number of allylic oxidation sites excluding steroid dienone is 1. The topological polar surface area (TPSA) is 37.0 Å². The second-order valence-electron chi connectivity index (χ2n) is 5.47. The monoisotopic (exact) mass is 323 g/mol. The van der Waals surface area contributed by atoms with Crippen molar-refractivity contribution in [2.45, 2.75) is 58.3 Å². The van der Waals surface area contributed by atoms with Crippen molar-refractivity contribution in [1.82, 2.24) is 10.3 Å². The number of rotatable bonds is 7. The number of nitrogens with one attached hydrogen (secondary N) is 2. The predicted molar refractivity (Wildman–Crippen MR) is 96.1 cm³/mol. The molecule has 0 saturated carbocycles. The van der Waals surface area contributed by atoms with Gasteiger partial charge in [-0.05, 0) is 57.2 Å². The lowest BCUT2D eigenvalue weighted by molar-refractivity contribution is 0.669. The zero-order valence-corrected chi connectivity index (χ0v) is 14.4. The fraction of sp³-hybridized carbons (Fsp3) is 0.625. The quantitative estimate of drug-likeness (QED) is 0.565. The highest BCUT2D eigenvalue weighted by molar-refractivity contribution is 7.80. The number of nitrogens with zero attached hydrogens (tertiary/aromatic N) is 1. The Balaban J connectivity index is 1.66. The second-order valence-corrected chi connectivity index (χ2v) is 6.82. The maximum Gasteiger partial charge on any atom is 0.171 e. The molecule has 0 spiro atoms. The van der Waals surface area contributed by atoms with Gasteiger partial charge in [-0.15, -0.1) is 11.3 Å². The van der Waals surface area contributed by atoms with E-state index in [0.717, 1.165) is 25.2 Å². The highest BCUT2D eigenvalue weighted by Crippen LogP contribution is 2.19. The Labute approximate surface area is 137 Å². The maximum absolute atomic E-state index is 5.32. The molecule has 1 aromatic heterocycles. The molecule has 3 nitrogen and oxygen atoms in total. The van der Waals surface area contributed by atoms with Crippen molar-refractivity contribution in [2.75, 3.05) is 11.9 Å². The van der Waals surface area contributed by atoms with Crippen molar-refractivity contribution in [2.24, 2.45) is 0 Å². The van der Waals surface area contributed by atoms with Crippen molar-refractivity contribution in [3.63, 3.8) is 0 Å². The van der Waals surface area contributed by atoms with Crippen LogP contribution in [0.25, 0.3) is 0 Å². The molecule has 0 unspecified atom stereocenters. The Hall–Kier alpha value is -0.940. The van der Waals surface area contributed by atoms with Crippen LogP contribution < -0.4 is 10.6 Å². The minimum atomic E-state index is 0.679. The molecule has 0 saturated heterocycles. The van der Waals surface area contributed by atoms with Crippen LogP contribution in [-0.2, 0) is 6.42 Å². The first-order valence-electron chi connectivity index (χ1n) is 7.95. The van der Waals surface area contributed by atoms with E-state index in [9.17, 15) is 0 Å². The van der Waals surface area contributed by atoms with Gasteiger partial charge in [0.2, 0.25) is 0 Å². The van der Waals surface area contributed by atoms with E-state index in [-0.39, 0.29) is 0 Å². The number of aromatic nitrogens is 1. The number of thiazole rings is 1. The zero-order chi connectivity index (χ0) is 14.9. The van der Waals surface area contributed by atoms with Crippen LogP contribution in [-0.4, -0.2) is 16.6 Å². The van der Waals surface area contributed by atoms with Crippen LogP contribution in [0.1, 0.15) is 56.9 Å². The Morgan fingerprint density at radius 2 is 2.29 bits per heavy atom. The van der Waals surface area contributed by atoms with Gasteiger partial charge in [0.05, 0.1) is 5.01 Å². The molecule has 0 amide bonds. The third kappa shape index (κ3) is 6.14. The van der Waals surface area contributed by atoms with Crippen LogP contribution in [0, 0.1) is 0 Å². The largest absolute Gasteiger partial charge is 0.362 e. The number of unbranched alkanes of at least 4 members (excludes halogenated alkanes) is 1. The van der Waals surface area contributed by atoms with Crippen LogP contribution >= 0.6 is 23.6 Å². The van der Waals surface area contributed by atoms with Gasteiger partial charge in [-0.25, -0.2) is 4.98 Å². The zero-order valence-electron chi connectivity index (χ0n) is 12.8. The van der Waals surface area contributed by atoms with Crippen LogP contribution in [0.2, 0.25) is 0 Å². The Morgan fingerprint density at radius 3 is 3.05 bits per heavy atom. The van der Waals surface area contributed by atoms with E-state index in [2.05, 4.69) is 28.6 Å². The highest BCUT2D eigenvalue weighted by atomic mass is 32.1. The van der Waals surface area contributed by atoms with E-state index in [0.29, 0.717) is 5.11 Å². The number of thiocarbonyl (C=S) groups is 1. The third-order valence-electron chi connectivity index (χ3n) is 3.65. The average Bonchev–Trinajstić information content (AvgIpc) is 2.93. The van der Waals surface area contributed by atoms with Crippen LogP contribution in [0.3, 0.4) is 0 Å². The second kappa shape index (κ2) is 9.15. The van der Waals surface area contributed by atoms with Crippen LogP contribution in [0.5, 0.6) is 0 Å². The maximum atomic E-state index is 5.32. The van der Waals surface area contributed by atoms with Gasteiger partial charge >= 0.3 is 0 Å². The lowest BCUT2D eigenvalue weighted by Crippen LogP contribution is -2.29. The lowest BCUT2D eigenvalue weighted by atomic mass is 9.97. The summed E-state index contributed by atoms with van der Waals surface area (Å²) in [4.78, 5) is 4.55. The van der Waals surface area contributed by atoms with Gasteiger partial charge in [0.1, 0.15) is 5.82 Å². The molecule has 5 heteroatoms. The van der Waals surface area contributed by atoms with E-state index in [1.165, 1.54) is 43.5 Å². The van der Waals surface area contributed by atoms with Crippen molar-refractivity contribution in [3.05, 3.63) is 22.0 Å². The minimum Gasteiger partial charge on any atom is -0.362 e. The van der Waals surface area contributed by atoms with E-state index in [1.807, 2.05) is 5.38 Å². The molecule has 1 aliphatic rings. The van der Waals surface area contributed by atoms with E-state index in [1.54, 1.807) is 16.9 Å². The van der Waals surface area contributed by atoms with Crippen molar-refractivity contribution >= 4 is 34.5 Å². The molecular formula is C16H25N3S2. The highest BCUT2D eigenvalue weighted by Gasteiger charge is 2.05. The fourth-order valence-electron chi connectivity index (χ4n) is 2.44. The van der Waals surface area contributed by atoms with Gasteiger partial charge in [-0.2, -0.15) is 0 Å². The van der Waals surface area contributed by atoms with Crippen LogP contribution in [0.15, 0.2) is 17.0 Å². The molecule has 2 N–H and O–H groups in total. The first kappa shape index (κ1) is 16.4. The molecule has 0 aromatic carbocycles. The molecule has 2 rings (SSSR count). The molecule has 21 heavy (non-hydrogen) atoms. The molecule has 0 bridgehead atoms. The Kier molecular flexibility index (Phi) is 7.16. The number of anilines is 1. The molecular weight excluding hydrogens is 298 g/mol. The standard InChI is InChI=1S/C16H25N3S2/c1-2-3-9-15-18-14(12-21-15)19-16(20)17-11-10-13-7-5-4-6-8-13/h7,12H,2-6,8-11H2,1H3,(H2,17,19,20). The fourth-order valence-corrected chi connectivity index (χ4v) is 3.42. The molecule has 0 fully saturated rings. The summed E-state index contributed by atoms with van der Waals surface area (Å²) in [6, 6.07) is 0. The van der Waals surface area contributed by atoms with E-state index >= 15 is 0 Å². The molecule has 116 valence electrons. The Morgan fingerprint density at radius 1 is 1.38 bits per heavy atom. The first-order chi connectivity index (χ1) is 10.3. The summed E-state index contributed by atoms with van der Waals surface area (Å²) in [5.41, 5.74) is 1.58. The molecule has 0 atom stereocenters. The molecule has 1 aliphatic carbocycles. The Bertz CT molecular complexity index is 480. The SMILES string of the molecule is CCCCc1nc(NC(=S)NCCC2=CCCCC2)cs1. The lowest BCUT2D eigenvalue weighted by Gasteiger charge is -2.13. The first-order valence-corrected chi connectivity index (χ1v) is 9.24. The summed E-state index contributed by atoms with van der Waals surface area (Å²) in [5.74, 6) is 0.875. The third-order valence-corrected chi connectivity index (χ3v) is 4.81. The normalized spacial score (nSPS) is 14.6. The van der Waals surface area contributed by atoms with Crippen molar-refractivity contribution in [1.29, 1.82) is 0 Å².